The van der Waals surface area contributed by atoms with Gasteiger partial charge >= 0.3 is 6.18 Å². The van der Waals surface area contributed by atoms with Crippen molar-refractivity contribution in [3.8, 4) is 5.69 Å². The molecule has 30 heavy (non-hydrogen) atoms. The second-order valence-electron chi connectivity index (χ2n) is 7.50. The summed E-state index contributed by atoms with van der Waals surface area (Å²) in [6, 6.07) is 6.41. The summed E-state index contributed by atoms with van der Waals surface area (Å²) in [6.45, 7) is 7.03. The Morgan fingerprint density at radius 2 is 1.80 bits per heavy atom. The number of aromatic nitrogens is 4. The average Bonchev–Trinajstić information content (AvgIpc) is 3.25. The minimum Gasteiger partial charge on any atom is -0.324 e. The van der Waals surface area contributed by atoms with Crippen molar-refractivity contribution in [1.82, 2.24) is 19.3 Å². The lowest BCUT2D eigenvalue weighted by atomic mass is 9.99. The highest BCUT2D eigenvalue weighted by Gasteiger charge is 2.35. The molecule has 5 nitrogen and oxygen atoms in total. The second-order valence-corrected chi connectivity index (χ2v) is 7.93. The molecule has 0 unspecified atom stereocenters. The predicted molar refractivity (Wildman–Crippen MR) is 108 cm³/mol. The molecular formula is C21H22ClF3N4O. The van der Waals surface area contributed by atoms with Crippen molar-refractivity contribution in [1.29, 1.82) is 0 Å². The van der Waals surface area contributed by atoms with Crippen LogP contribution >= 0.6 is 11.6 Å². The molecule has 3 aromatic rings. The van der Waals surface area contributed by atoms with Crippen LogP contribution < -0.4 is 0 Å². The number of halogens is 4. The molecule has 0 aliphatic heterocycles. The third-order valence-corrected chi connectivity index (χ3v) is 5.21. The van der Waals surface area contributed by atoms with Crippen molar-refractivity contribution < 1.29 is 18.0 Å². The van der Waals surface area contributed by atoms with E-state index in [0.717, 1.165) is 23.1 Å². The number of Topliss-reactive ketones (excluding diaryl/α,β-unsaturated/α-hetero) is 1. The van der Waals surface area contributed by atoms with Crippen molar-refractivity contribution in [2.75, 3.05) is 0 Å². The van der Waals surface area contributed by atoms with Gasteiger partial charge in [-0.25, -0.2) is 9.67 Å². The van der Waals surface area contributed by atoms with E-state index in [1.54, 1.807) is 29.9 Å². The molecular weight excluding hydrogens is 417 g/mol. The third-order valence-electron chi connectivity index (χ3n) is 4.96. The fraction of sp³-hybridized carbons (Fsp3) is 0.381. The van der Waals surface area contributed by atoms with Gasteiger partial charge in [0.15, 0.2) is 11.5 Å². The smallest absolute Gasteiger partial charge is 0.324 e. The monoisotopic (exact) mass is 438 g/mol. The molecule has 1 atom stereocenters. The summed E-state index contributed by atoms with van der Waals surface area (Å²) >= 11 is 5.96. The highest BCUT2D eigenvalue weighted by atomic mass is 35.5. The number of ketones is 1. The molecule has 0 saturated carbocycles. The van der Waals surface area contributed by atoms with Crippen LogP contribution in [0.5, 0.6) is 0 Å². The molecule has 0 radical (unpaired) electrons. The zero-order valence-corrected chi connectivity index (χ0v) is 17.8. The number of carbonyl (C=O) groups excluding carboxylic acids is 1. The highest BCUT2D eigenvalue weighted by Crippen LogP contribution is 2.30. The SMILES string of the molecule is Cc1nc(C(F)(F)F)cn1[C@@H](C)C(=O)Cc1cnn(-c2ccc(Cl)cc2)c1C(C)C. The van der Waals surface area contributed by atoms with E-state index in [9.17, 15) is 18.0 Å². The second kappa shape index (κ2) is 8.26. The molecule has 2 heterocycles. The number of rotatable bonds is 6. The molecule has 1 aromatic carbocycles. The summed E-state index contributed by atoms with van der Waals surface area (Å²) in [6.07, 6.45) is -1.97. The van der Waals surface area contributed by atoms with Gasteiger partial charge in [0, 0.05) is 23.2 Å². The fourth-order valence-electron chi connectivity index (χ4n) is 3.44. The number of carbonyl (C=O) groups is 1. The van der Waals surface area contributed by atoms with Crippen molar-refractivity contribution in [2.24, 2.45) is 0 Å². The number of hydrogen-bond acceptors (Lipinski definition) is 3. The maximum absolute atomic E-state index is 12.9. The van der Waals surface area contributed by atoms with Gasteiger partial charge in [-0.1, -0.05) is 25.4 Å². The van der Waals surface area contributed by atoms with Gasteiger partial charge in [-0.05, 0) is 44.0 Å². The van der Waals surface area contributed by atoms with Gasteiger partial charge in [-0.3, -0.25) is 4.79 Å². The van der Waals surface area contributed by atoms with Crippen LogP contribution in [0, 0.1) is 6.92 Å². The van der Waals surface area contributed by atoms with Gasteiger partial charge in [0.1, 0.15) is 5.82 Å². The first-order valence-corrected chi connectivity index (χ1v) is 9.85. The van der Waals surface area contributed by atoms with Crippen LogP contribution in [0.1, 0.15) is 55.5 Å². The zero-order chi connectivity index (χ0) is 22.2. The van der Waals surface area contributed by atoms with Crippen molar-refractivity contribution >= 4 is 17.4 Å². The van der Waals surface area contributed by atoms with Gasteiger partial charge in [0.25, 0.3) is 0 Å². The van der Waals surface area contributed by atoms with Gasteiger partial charge < -0.3 is 4.57 Å². The number of nitrogens with zero attached hydrogens (tertiary/aromatic N) is 4. The van der Waals surface area contributed by atoms with E-state index in [-0.39, 0.29) is 23.9 Å². The first kappa shape index (κ1) is 22.1. The van der Waals surface area contributed by atoms with Crippen LogP contribution in [0.15, 0.2) is 36.7 Å². The fourth-order valence-corrected chi connectivity index (χ4v) is 3.56. The predicted octanol–water partition coefficient (Wildman–Crippen LogP) is 5.55. The van der Waals surface area contributed by atoms with Gasteiger partial charge in [0.05, 0.1) is 23.6 Å². The lowest BCUT2D eigenvalue weighted by molar-refractivity contribution is -0.141. The summed E-state index contributed by atoms with van der Waals surface area (Å²) in [5.74, 6) is -0.000930. The van der Waals surface area contributed by atoms with Crippen molar-refractivity contribution in [3.63, 3.8) is 0 Å². The lowest BCUT2D eigenvalue weighted by Crippen LogP contribution is -2.20. The number of imidazole rings is 1. The largest absolute Gasteiger partial charge is 0.434 e. The molecule has 0 aliphatic carbocycles. The zero-order valence-electron chi connectivity index (χ0n) is 17.0. The molecule has 0 aliphatic rings. The van der Waals surface area contributed by atoms with E-state index in [2.05, 4.69) is 10.1 Å². The Labute approximate surface area is 177 Å². The summed E-state index contributed by atoms with van der Waals surface area (Å²) in [7, 11) is 0. The minimum atomic E-state index is -4.55. The third kappa shape index (κ3) is 4.43. The molecule has 2 aromatic heterocycles. The van der Waals surface area contributed by atoms with Crippen LogP contribution in [0.25, 0.3) is 5.69 Å². The molecule has 0 amide bonds. The molecule has 0 spiro atoms. The van der Waals surface area contributed by atoms with E-state index in [0.29, 0.717) is 5.02 Å². The number of benzene rings is 1. The summed E-state index contributed by atoms with van der Waals surface area (Å²) in [4.78, 5) is 16.5. The Kier molecular flexibility index (Phi) is 6.08. The van der Waals surface area contributed by atoms with E-state index < -0.39 is 17.9 Å². The Balaban J connectivity index is 1.88. The molecule has 3 rings (SSSR count). The Bertz CT molecular complexity index is 1050. The molecule has 0 bridgehead atoms. The quantitative estimate of drug-likeness (QED) is 0.507. The topological polar surface area (TPSA) is 52.7 Å². The van der Waals surface area contributed by atoms with Crippen LogP contribution in [-0.4, -0.2) is 25.1 Å². The Morgan fingerprint density at radius 3 is 2.33 bits per heavy atom. The van der Waals surface area contributed by atoms with E-state index >= 15 is 0 Å². The normalized spacial score (nSPS) is 13.1. The average molecular weight is 439 g/mol. The van der Waals surface area contributed by atoms with E-state index in [4.69, 9.17) is 11.6 Å². The lowest BCUT2D eigenvalue weighted by Gasteiger charge is -2.16. The first-order valence-electron chi connectivity index (χ1n) is 9.47. The van der Waals surface area contributed by atoms with Crippen LogP contribution in [0.4, 0.5) is 13.2 Å². The summed E-state index contributed by atoms with van der Waals surface area (Å²) < 4.78 is 41.9. The van der Waals surface area contributed by atoms with Crippen molar-refractivity contribution in [3.05, 3.63) is 64.5 Å². The summed E-state index contributed by atoms with van der Waals surface area (Å²) in [5, 5.41) is 5.04. The molecule has 9 heteroatoms. The van der Waals surface area contributed by atoms with Crippen LogP contribution in [0.3, 0.4) is 0 Å². The van der Waals surface area contributed by atoms with Crippen molar-refractivity contribution in [2.45, 2.75) is 52.3 Å². The minimum absolute atomic E-state index is 0.0568. The maximum Gasteiger partial charge on any atom is 0.434 e. The number of aryl methyl sites for hydroxylation is 1. The maximum atomic E-state index is 12.9. The number of alkyl halides is 3. The molecule has 160 valence electrons. The van der Waals surface area contributed by atoms with Crippen LogP contribution in [0.2, 0.25) is 5.02 Å². The Morgan fingerprint density at radius 1 is 1.17 bits per heavy atom. The standard InChI is InChI=1S/C21H22ClF3N4O/c1-12(2)20-15(10-26-29(20)17-7-5-16(22)6-8-17)9-18(30)13(3)28-11-19(21(23,24)25)27-14(28)4/h5-8,10-13H,9H2,1-4H3/t13-/m0/s1. The first-order chi connectivity index (χ1) is 14.0. The van der Waals surface area contributed by atoms with Gasteiger partial charge in [-0.15, -0.1) is 0 Å². The highest BCUT2D eigenvalue weighted by molar-refractivity contribution is 6.30. The van der Waals surface area contributed by atoms with Gasteiger partial charge in [-0.2, -0.15) is 18.3 Å². The van der Waals surface area contributed by atoms with Gasteiger partial charge in [0.2, 0.25) is 0 Å². The summed E-state index contributed by atoms with van der Waals surface area (Å²) in [5.41, 5.74) is 1.43. The van der Waals surface area contributed by atoms with Crippen LogP contribution in [-0.2, 0) is 17.4 Å². The van der Waals surface area contributed by atoms with E-state index in [1.165, 1.54) is 11.5 Å². The molecule has 0 saturated heterocycles. The van der Waals surface area contributed by atoms with E-state index in [1.807, 2.05) is 26.0 Å². The Hall–Kier alpha value is -2.61. The molecule has 0 fully saturated rings. The number of hydrogen-bond donors (Lipinski definition) is 0. The molecule has 0 N–H and O–H groups in total.